The van der Waals surface area contributed by atoms with E-state index in [9.17, 15) is 0 Å². The first kappa shape index (κ1) is 12.4. The van der Waals surface area contributed by atoms with Gasteiger partial charge in [-0.1, -0.05) is 41.9 Å². The van der Waals surface area contributed by atoms with Crippen LogP contribution in [0.1, 0.15) is 23.0 Å². The van der Waals surface area contributed by atoms with Crippen molar-refractivity contribution in [2.45, 2.75) is 13.0 Å². The molecule has 1 aliphatic heterocycles. The number of aromatic nitrogens is 3. The van der Waals surface area contributed by atoms with E-state index in [0.717, 1.165) is 28.0 Å². The Kier molecular flexibility index (Phi) is 2.72. The second-order valence-electron chi connectivity index (χ2n) is 5.10. The minimum absolute atomic E-state index is 0.0241. The van der Waals surface area contributed by atoms with Gasteiger partial charge in [0.05, 0.1) is 11.7 Å². The molecule has 104 valence electrons. The van der Waals surface area contributed by atoms with Crippen LogP contribution in [0.15, 0.2) is 48.5 Å². The molecule has 2 aromatic carbocycles. The third-order valence-corrected chi connectivity index (χ3v) is 4.01. The molecule has 0 saturated heterocycles. The number of hydrogen-bond donors (Lipinski definition) is 1. The van der Waals surface area contributed by atoms with Crippen LogP contribution in [0.25, 0.3) is 5.69 Å². The van der Waals surface area contributed by atoms with E-state index in [4.69, 9.17) is 11.6 Å². The number of nitrogens with zero attached hydrogens (tertiary/aromatic N) is 3. The Morgan fingerprint density at radius 3 is 2.71 bits per heavy atom. The fraction of sp³-hybridized carbons (Fsp3) is 0.125. The maximum atomic E-state index is 6.20. The van der Waals surface area contributed by atoms with Crippen LogP contribution in [0.3, 0.4) is 0 Å². The minimum Gasteiger partial charge on any atom is -0.343 e. The number of benzene rings is 2. The largest absolute Gasteiger partial charge is 0.343 e. The molecule has 5 heteroatoms. The second-order valence-corrected chi connectivity index (χ2v) is 5.53. The molecule has 0 spiro atoms. The molecule has 1 N–H and O–H groups in total. The van der Waals surface area contributed by atoms with Crippen LogP contribution in [0, 0.1) is 6.92 Å². The van der Waals surface area contributed by atoms with Crippen LogP contribution in [-0.2, 0) is 0 Å². The summed E-state index contributed by atoms with van der Waals surface area (Å²) < 4.78 is 2.02. The van der Waals surface area contributed by atoms with E-state index in [0.29, 0.717) is 0 Å². The van der Waals surface area contributed by atoms with E-state index in [1.165, 1.54) is 5.56 Å². The van der Waals surface area contributed by atoms with Gasteiger partial charge in [-0.2, -0.15) is 0 Å². The highest BCUT2D eigenvalue weighted by atomic mass is 35.5. The average Bonchev–Trinajstić information content (AvgIpc) is 2.88. The first-order chi connectivity index (χ1) is 10.2. The standard InChI is InChI=1S/C16H13ClN4/c1-10-19-20-16-18-15(11-5-3-2-4-6-11)13-9-12(17)7-8-14(13)21(10)16/h2-9,15H,1H3,(H,18,20). The third-order valence-electron chi connectivity index (χ3n) is 3.77. The highest BCUT2D eigenvalue weighted by molar-refractivity contribution is 6.30. The van der Waals surface area contributed by atoms with Crippen molar-refractivity contribution in [1.82, 2.24) is 14.8 Å². The van der Waals surface area contributed by atoms with Crippen molar-refractivity contribution in [2.24, 2.45) is 0 Å². The number of halogens is 1. The predicted octanol–water partition coefficient (Wildman–Crippen LogP) is 3.74. The fourth-order valence-electron chi connectivity index (χ4n) is 2.82. The van der Waals surface area contributed by atoms with Gasteiger partial charge in [0.15, 0.2) is 0 Å². The van der Waals surface area contributed by atoms with Crippen molar-refractivity contribution in [3.63, 3.8) is 0 Å². The zero-order valence-electron chi connectivity index (χ0n) is 11.4. The highest BCUT2D eigenvalue weighted by Gasteiger charge is 2.27. The van der Waals surface area contributed by atoms with Gasteiger partial charge in [0, 0.05) is 10.6 Å². The molecule has 0 saturated carbocycles. The molecule has 0 amide bonds. The van der Waals surface area contributed by atoms with Crippen LogP contribution in [0.5, 0.6) is 0 Å². The lowest BCUT2D eigenvalue weighted by Gasteiger charge is -2.28. The Balaban J connectivity index is 1.96. The average molecular weight is 297 g/mol. The minimum atomic E-state index is 0.0241. The number of rotatable bonds is 1. The van der Waals surface area contributed by atoms with E-state index in [2.05, 4.69) is 27.6 Å². The molecule has 21 heavy (non-hydrogen) atoms. The molecule has 4 rings (SSSR count). The molecule has 1 aliphatic rings. The number of hydrogen-bond acceptors (Lipinski definition) is 3. The fourth-order valence-corrected chi connectivity index (χ4v) is 3.00. The van der Waals surface area contributed by atoms with Gasteiger partial charge in [-0.3, -0.25) is 4.57 Å². The number of aryl methyl sites for hydroxylation is 1. The van der Waals surface area contributed by atoms with Crippen LogP contribution in [-0.4, -0.2) is 14.8 Å². The van der Waals surface area contributed by atoms with Gasteiger partial charge in [0.1, 0.15) is 5.82 Å². The maximum absolute atomic E-state index is 6.20. The summed E-state index contributed by atoms with van der Waals surface area (Å²) in [6.07, 6.45) is 0. The summed E-state index contributed by atoms with van der Waals surface area (Å²) in [4.78, 5) is 0. The predicted molar refractivity (Wildman–Crippen MR) is 83.0 cm³/mol. The lowest BCUT2D eigenvalue weighted by molar-refractivity contribution is 0.827. The number of anilines is 1. The third kappa shape index (κ3) is 1.91. The first-order valence-corrected chi connectivity index (χ1v) is 7.15. The number of fused-ring (bicyclic) bond motifs is 3. The molecule has 4 nitrogen and oxygen atoms in total. The van der Waals surface area contributed by atoms with Crippen LogP contribution in [0.2, 0.25) is 5.02 Å². The molecule has 2 heterocycles. The molecule has 0 radical (unpaired) electrons. The van der Waals surface area contributed by atoms with E-state index < -0.39 is 0 Å². The Morgan fingerprint density at radius 2 is 1.90 bits per heavy atom. The van der Waals surface area contributed by atoms with E-state index >= 15 is 0 Å². The van der Waals surface area contributed by atoms with Crippen molar-refractivity contribution in [3.05, 3.63) is 70.5 Å². The molecule has 1 aromatic heterocycles. The van der Waals surface area contributed by atoms with Gasteiger partial charge >= 0.3 is 0 Å². The van der Waals surface area contributed by atoms with Crippen molar-refractivity contribution in [3.8, 4) is 5.69 Å². The summed E-state index contributed by atoms with van der Waals surface area (Å²) in [6, 6.07) is 16.2. The first-order valence-electron chi connectivity index (χ1n) is 6.77. The molecule has 0 fully saturated rings. The zero-order chi connectivity index (χ0) is 14.4. The lowest BCUT2D eigenvalue weighted by atomic mass is 9.96. The van der Waals surface area contributed by atoms with Gasteiger partial charge in [-0.15, -0.1) is 10.2 Å². The molecule has 1 unspecified atom stereocenters. The van der Waals surface area contributed by atoms with Gasteiger partial charge in [-0.05, 0) is 30.7 Å². The zero-order valence-corrected chi connectivity index (χ0v) is 12.2. The summed E-state index contributed by atoms with van der Waals surface area (Å²) in [7, 11) is 0. The van der Waals surface area contributed by atoms with Crippen molar-refractivity contribution >= 4 is 17.5 Å². The van der Waals surface area contributed by atoms with Crippen LogP contribution in [0.4, 0.5) is 5.95 Å². The summed E-state index contributed by atoms with van der Waals surface area (Å²) >= 11 is 6.20. The molecular formula is C16H13ClN4. The van der Waals surface area contributed by atoms with Gasteiger partial charge in [0.25, 0.3) is 0 Å². The molecule has 0 aliphatic carbocycles. The smallest absolute Gasteiger partial charge is 0.230 e. The molecule has 1 atom stereocenters. The highest BCUT2D eigenvalue weighted by Crippen LogP contribution is 2.37. The second kappa shape index (κ2) is 4.60. The van der Waals surface area contributed by atoms with Crippen molar-refractivity contribution in [2.75, 3.05) is 5.32 Å². The van der Waals surface area contributed by atoms with E-state index in [1.54, 1.807) is 0 Å². The Bertz CT molecular complexity index is 810. The quantitative estimate of drug-likeness (QED) is 0.744. The Hall–Kier alpha value is -2.33. The van der Waals surface area contributed by atoms with Crippen molar-refractivity contribution in [1.29, 1.82) is 0 Å². The SMILES string of the molecule is Cc1nnc2n1-c1ccc(Cl)cc1C(c1ccccc1)N2. The van der Waals surface area contributed by atoms with Gasteiger partial charge in [0.2, 0.25) is 5.95 Å². The summed E-state index contributed by atoms with van der Waals surface area (Å²) in [5.74, 6) is 1.61. The topological polar surface area (TPSA) is 42.7 Å². The molecule has 3 aromatic rings. The van der Waals surface area contributed by atoms with E-state index in [-0.39, 0.29) is 6.04 Å². The van der Waals surface area contributed by atoms with Gasteiger partial charge < -0.3 is 5.32 Å². The van der Waals surface area contributed by atoms with Crippen LogP contribution >= 0.6 is 11.6 Å². The summed E-state index contributed by atoms with van der Waals surface area (Å²) in [5, 5.41) is 12.6. The van der Waals surface area contributed by atoms with Crippen LogP contribution < -0.4 is 5.32 Å². The van der Waals surface area contributed by atoms with Gasteiger partial charge in [-0.25, -0.2) is 0 Å². The summed E-state index contributed by atoms with van der Waals surface area (Å²) in [6.45, 7) is 1.94. The molecule has 0 bridgehead atoms. The monoisotopic (exact) mass is 296 g/mol. The maximum Gasteiger partial charge on any atom is 0.230 e. The lowest BCUT2D eigenvalue weighted by Crippen LogP contribution is -2.23. The van der Waals surface area contributed by atoms with Crippen molar-refractivity contribution < 1.29 is 0 Å². The number of nitrogens with one attached hydrogen (secondary N) is 1. The molecular weight excluding hydrogens is 284 g/mol. The van der Waals surface area contributed by atoms with E-state index in [1.807, 2.05) is 47.9 Å². The normalized spacial score (nSPS) is 16.0. The Morgan fingerprint density at radius 1 is 1.10 bits per heavy atom. The Labute approximate surface area is 127 Å². The summed E-state index contributed by atoms with van der Waals surface area (Å²) in [5.41, 5.74) is 3.38.